The first-order valence-electron chi connectivity index (χ1n) is 4.09. The van der Waals surface area contributed by atoms with Crippen molar-refractivity contribution < 1.29 is 0 Å². The van der Waals surface area contributed by atoms with Gasteiger partial charge in [-0.05, 0) is 24.4 Å². The van der Waals surface area contributed by atoms with E-state index in [1.165, 1.54) is 0 Å². The van der Waals surface area contributed by atoms with Gasteiger partial charge in [0.25, 0.3) is 0 Å². The number of thiocarbonyl (C=S) groups is 1. The summed E-state index contributed by atoms with van der Waals surface area (Å²) in [6, 6.07) is 5.17. The number of hydrogen-bond donors (Lipinski definition) is 2. The van der Waals surface area contributed by atoms with Gasteiger partial charge in [-0.1, -0.05) is 29.3 Å². The van der Waals surface area contributed by atoms with E-state index in [1.54, 1.807) is 31.5 Å². The molecule has 0 bridgehead atoms. The Morgan fingerprint density at radius 1 is 1.47 bits per heavy atom. The van der Waals surface area contributed by atoms with Crippen LogP contribution in [-0.2, 0) is 0 Å². The summed E-state index contributed by atoms with van der Waals surface area (Å²) < 4.78 is 0. The largest absolute Gasteiger partial charge is 0.364 e. The molecule has 0 aliphatic heterocycles. The van der Waals surface area contributed by atoms with Crippen LogP contribution < -0.4 is 10.7 Å². The Bertz CT molecular complexity index is 393. The fourth-order valence-corrected chi connectivity index (χ4v) is 1.33. The van der Waals surface area contributed by atoms with Gasteiger partial charge in [-0.3, -0.25) is 5.43 Å². The van der Waals surface area contributed by atoms with Gasteiger partial charge < -0.3 is 5.32 Å². The molecule has 1 rings (SSSR count). The van der Waals surface area contributed by atoms with Crippen molar-refractivity contribution in [3.8, 4) is 0 Å². The molecule has 1 aromatic carbocycles. The second-order valence-electron chi connectivity index (χ2n) is 2.61. The molecule has 0 radical (unpaired) electrons. The number of nitrogens with one attached hydrogen (secondary N) is 2. The number of benzene rings is 1. The number of hydrazone groups is 1. The summed E-state index contributed by atoms with van der Waals surface area (Å²) in [5.74, 6) is 0. The molecule has 0 fully saturated rings. The number of hydrogen-bond acceptors (Lipinski definition) is 2. The van der Waals surface area contributed by atoms with Gasteiger partial charge in [0.05, 0.1) is 11.2 Å². The van der Waals surface area contributed by atoms with Crippen LogP contribution in [0.25, 0.3) is 0 Å². The Balaban J connectivity index is 2.68. The predicted octanol–water partition coefficient (Wildman–Crippen LogP) is 2.42. The molecule has 15 heavy (non-hydrogen) atoms. The summed E-state index contributed by atoms with van der Waals surface area (Å²) in [6.07, 6.45) is 1.57. The SMILES string of the molecule is CNC(=S)N/N=C\c1ccc(Cl)cc1Cl. The van der Waals surface area contributed by atoms with Gasteiger partial charge in [0.2, 0.25) is 0 Å². The predicted molar refractivity (Wildman–Crippen MR) is 68.8 cm³/mol. The smallest absolute Gasteiger partial charge is 0.186 e. The van der Waals surface area contributed by atoms with Gasteiger partial charge in [0.15, 0.2) is 5.11 Å². The van der Waals surface area contributed by atoms with Gasteiger partial charge >= 0.3 is 0 Å². The highest BCUT2D eigenvalue weighted by Crippen LogP contribution is 2.19. The van der Waals surface area contributed by atoms with Crippen molar-refractivity contribution in [1.82, 2.24) is 10.7 Å². The van der Waals surface area contributed by atoms with E-state index in [0.717, 1.165) is 5.56 Å². The van der Waals surface area contributed by atoms with Crippen molar-refractivity contribution in [2.24, 2.45) is 5.10 Å². The Morgan fingerprint density at radius 3 is 2.80 bits per heavy atom. The minimum absolute atomic E-state index is 0.441. The molecule has 0 aliphatic carbocycles. The van der Waals surface area contributed by atoms with E-state index in [9.17, 15) is 0 Å². The Morgan fingerprint density at radius 2 is 2.20 bits per heavy atom. The lowest BCUT2D eigenvalue weighted by atomic mass is 10.2. The second-order valence-corrected chi connectivity index (χ2v) is 3.87. The van der Waals surface area contributed by atoms with E-state index in [0.29, 0.717) is 15.2 Å². The summed E-state index contributed by atoms with van der Waals surface area (Å²) in [5, 5.41) is 8.20. The standard InChI is InChI=1S/C9H9Cl2N3S/c1-12-9(15)14-13-5-6-2-3-7(10)4-8(6)11/h2-5H,1H3,(H2,12,14,15)/b13-5-. The average molecular weight is 262 g/mol. The van der Waals surface area contributed by atoms with Gasteiger partial charge in [-0.25, -0.2) is 0 Å². The molecule has 0 heterocycles. The zero-order valence-electron chi connectivity index (χ0n) is 7.92. The molecule has 1 aromatic rings. The van der Waals surface area contributed by atoms with Crippen molar-refractivity contribution in [1.29, 1.82) is 0 Å². The zero-order valence-corrected chi connectivity index (χ0v) is 10.2. The van der Waals surface area contributed by atoms with Crippen LogP contribution in [-0.4, -0.2) is 18.4 Å². The second kappa shape index (κ2) is 5.90. The van der Waals surface area contributed by atoms with Crippen LogP contribution in [0, 0.1) is 0 Å². The average Bonchev–Trinajstić information content (AvgIpc) is 2.21. The summed E-state index contributed by atoms with van der Waals surface area (Å²) >= 11 is 16.5. The number of rotatable bonds is 2. The van der Waals surface area contributed by atoms with Crippen LogP contribution in [0.3, 0.4) is 0 Å². The molecule has 6 heteroatoms. The Labute approximate surface area is 103 Å². The Hall–Kier alpha value is -0.840. The van der Waals surface area contributed by atoms with E-state index >= 15 is 0 Å². The molecule has 2 N–H and O–H groups in total. The Kier molecular flexibility index (Phi) is 4.81. The van der Waals surface area contributed by atoms with Crippen LogP contribution in [0.5, 0.6) is 0 Å². The van der Waals surface area contributed by atoms with E-state index in [-0.39, 0.29) is 0 Å². The summed E-state index contributed by atoms with van der Waals surface area (Å²) in [4.78, 5) is 0. The molecule has 0 amide bonds. The lowest BCUT2D eigenvalue weighted by Gasteiger charge is -2.01. The number of nitrogens with zero attached hydrogens (tertiary/aromatic N) is 1. The highest BCUT2D eigenvalue weighted by molar-refractivity contribution is 7.80. The fraction of sp³-hybridized carbons (Fsp3) is 0.111. The van der Waals surface area contributed by atoms with Crippen LogP contribution in [0.2, 0.25) is 10.0 Å². The first kappa shape index (κ1) is 12.2. The third-order valence-electron chi connectivity index (χ3n) is 1.56. The maximum atomic E-state index is 5.93. The summed E-state index contributed by atoms with van der Waals surface area (Å²) in [6.45, 7) is 0. The fourth-order valence-electron chi connectivity index (χ4n) is 0.823. The van der Waals surface area contributed by atoms with Gasteiger partial charge in [-0.15, -0.1) is 0 Å². The van der Waals surface area contributed by atoms with Crippen LogP contribution in [0.4, 0.5) is 0 Å². The van der Waals surface area contributed by atoms with E-state index in [2.05, 4.69) is 15.8 Å². The minimum atomic E-state index is 0.441. The summed E-state index contributed by atoms with van der Waals surface area (Å²) in [7, 11) is 1.71. The molecule has 80 valence electrons. The van der Waals surface area contributed by atoms with Crippen LogP contribution >= 0.6 is 35.4 Å². The quantitative estimate of drug-likeness (QED) is 0.488. The molecule has 0 saturated heterocycles. The molecular weight excluding hydrogens is 253 g/mol. The first-order chi connectivity index (χ1) is 7.13. The maximum Gasteiger partial charge on any atom is 0.186 e. The molecule has 0 unspecified atom stereocenters. The third-order valence-corrected chi connectivity index (χ3v) is 2.42. The van der Waals surface area contributed by atoms with Crippen molar-refractivity contribution in [3.63, 3.8) is 0 Å². The number of halogens is 2. The van der Waals surface area contributed by atoms with Crippen LogP contribution in [0.1, 0.15) is 5.56 Å². The van der Waals surface area contributed by atoms with Gasteiger partial charge in [0, 0.05) is 17.6 Å². The third kappa shape index (κ3) is 4.03. The maximum absolute atomic E-state index is 5.93. The van der Waals surface area contributed by atoms with Crippen molar-refractivity contribution in [3.05, 3.63) is 33.8 Å². The molecule has 0 aromatic heterocycles. The highest BCUT2D eigenvalue weighted by Gasteiger charge is 1.97. The van der Waals surface area contributed by atoms with Gasteiger partial charge in [-0.2, -0.15) is 5.10 Å². The minimum Gasteiger partial charge on any atom is -0.364 e. The van der Waals surface area contributed by atoms with Crippen molar-refractivity contribution in [2.75, 3.05) is 7.05 Å². The van der Waals surface area contributed by atoms with E-state index in [1.807, 2.05) is 0 Å². The van der Waals surface area contributed by atoms with Crippen LogP contribution in [0.15, 0.2) is 23.3 Å². The molecule has 3 nitrogen and oxygen atoms in total. The lowest BCUT2D eigenvalue weighted by Crippen LogP contribution is -2.28. The zero-order chi connectivity index (χ0) is 11.3. The first-order valence-corrected chi connectivity index (χ1v) is 5.25. The van der Waals surface area contributed by atoms with Gasteiger partial charge in [0.1, 0.15) is 0 Å². The highest BCUT2D eigenvalue weighted by atomic mass is 35.5. The topological polar surface area (TPSA) is 36.4 Å². The molecule has 0 spiro atoms. The summed E-state index contributed by atoms with van der Waals surface area (Å²) in [5.41, 5.74) is 3.39. The lowest BCUT2D eigenvalue weighted by molar-refractivity contribution is 0.982. The molecule has 0 saturated carbocycles. The van der Waals surface area contributed by atoms with E-state index < -0.39 is 0 Å². The normalized spacial score (nSPS) is 10.3. The van der Waals surface area contributed by atoms with E-state index in [4.69, 9.17) is 35.4 Å². The van der Waals surface area contributed by atoms with Crippen molar-refractivity contribution >= 4 is 46.7 Å². The molecule has 0 aliphatic rings. The van der Waals surface area contributed by atoms with Crippen molar-refractivity contribution in [2.45, 2.75) is 0 Å². The molecule has 0 atom stereocenters. The molecular formula is C9H9Cl2N3S. The monoisotopic (exact) mass is 261 g/mol.